The van der Waals surface area contributed by atoms with Crippen LogP contribution in [0.5, 0.6) is 0 Å². The summed E-state index contributed by atoms with van der Waals surface area (Å²) in [6, 6.07) is 2.08. The van der Waals surface area contributed by atoms with Gasteiger partial charge in [0.05, 0.1) is 17.3 Å². The standard InChI is InChI=1S/C23H32N2O.C4H10.2C2H6/c1-9-11-12-19(6)25(23(21(8)26)20(7)17(3)4)16-18(5)13-14-22(10-2)15-24;1-4(2)3;2*1-2/h10,13-14,26H,2-3,6,8-9,11-12,16H2,1,4-5,7H3;4H,1-3H3;2*1-2H3/b18-13+,22-14+,23-20+;;;. The largest absolute Gasteiger partial charge is 0.506 e. The van der Waals surface area contributed by atoms with Gasteiger partial charge in [0, 0.05) is 12.2 Å². The topological polar surface area (TPSA) is 47.3 Å². The SMILES string of the molecule is C=C/C(C#N)=C\C=C(/C)CN(C(=C)CCCC)/C(C(=C)O)=C(\C)C(=C)C.CC.CC.CC(C)C. The lowest BCUT2D eigenvalue weighted by Crippen LogP contribution is -2.26. The summed E-state index contributed by atoms with van der Waals surface area (Å²) in [5.41, 5.74) is 4.82. The molecule has 3 heteroatoms. The predicted molar refractivity (Wildman–Crippen MR) is 156 cm³/mol. The van der Waals surface area contributed by atoms with Crippen LogP contribution in [0.15, 0.2) is 84.0 Å². The molecule has 0 fully saturated rings. The van der Waals surface area contributed by atoms with Crippen LogP contribution in [-0.2, 0) is 0 Å². The molecule has 3 nitrogen and oxygen atoms in total. The molecule has 0 saturated carbocycles. The van der Waals surface area contributed by atoms with Gasteiger partial charge in [0.25, 0.3) is 0 Å². The Kier molecular flexibility index (Phi) is 28.2. The molecule has 0 atom stereocenters. The molecule has 0 aromatic rings. The fraction of sp³-hybridized carbons (Fsp3) is 0.516. The van der Waals surface area contributed by atoms with Crippen molar-refractivity contribution < 1.29 is 5.11 Å². The summed E-state index contributed by atoms with van der Waals surface area (Å²) in [5, 5.41) is 19.2. The van der Waals surface area contributed by atoms with E-state index in [1.807, 2.05) is 59.4 Å². The van der Waals surface area contributed by atoms with Crippen molar-refractivity contribution in [3.63, 3.8) is 0 Å². The summed E-state index contributed by atoms with van der Waals surface area (Å²) in [7, 11) is 0. The van der Waals surface area contributed by atoms with Gasteiger partial charge in [-0.25, -0.2) is 0 Å². The molecule has 0 saturated heterocycles. The number of aliphatic hydroxyl groups is 1. The van der Waals surface area contributed by atoms with Crippen molar-refractivity contribution in [2.45, 2.75) is 95.4 Å². The second kappa shape index (κ2) is 24.9. The second-order valence-corrected chi connectivity index (χ2v) is 8.14. The Balaban J connectivity index is -0.000000493. The van der Waals surface area contributed by atoms with Crippen molar-refractivity contribution >= 4 is 0 Å². The van der Waals surface area contributed by atoms with Gasteiger partial charge >= 0.3 is 0 Å². The smallest absolute Gasteiger partial charge is 0.132 e. The van der Waals surface area contributed by atoms with Crippen LogP contribution in [0.2, 0.25) is 0 Å². The summed E-state index contributed by atoms with van der Waals surface area (Å²) >= 11 is 0. The zero-order valence-electron chi connectivity index (χ0n) is 24.3. The Bertz CT molecular complexity index is 737. The normalized spacial score (nSPS) is 11.1. The van der Waals surface area contributed by atoms with Gasteiger partial charge in [-0.3, -0.25) is 0 Å². The van der Waals surface area contributed by atoms with Crippen LogP contribution < -0.4 is 0 Å². The molecule has 0 aliphatic carbocycles. The highest BCUT2D eigenvalue weighted by atomic mass is 16.3. The summed E-state index contributed by atoms with van der Waals surface area (Å²) in [4.78, 5) is 1.99. The van der Waals surface area contributed by atoms with E-state index in [1.165, 1.54) is 6.08 Å². The van der Waals surface area contributed by atoms with Crippen molar-refractivity contribution in [3.8, 4) is 6.07 Å². The second-order valence-electron chi connectivity index (χ2n) is 8.14. The van der Waals surface area contributed by atoms with Gasteiger partial charge in [-0.1, -0.05) is 111 Å². The molecule has 0 heterocycles. The Morgan fingerprint density at radius 1 is 1.00 bits per heavy atom. The van der Waals surface area contributed by atoms with E-state index < -0.39 is 0 Å². The molecule has 0 aromatic heterocycles. The Labute approximate surface area is 213 Å². The number of nitriles is 1. The average molecular weight is 471 g/mol. The molecule has 34 heavy (non-hydrogen) atoms. The van der Waals surface area contributed by atoms with E-state index in [2.05, 4.69) is 60.1 Å². The average Bonchev–Trinajstić information content (AvgIpc) is 2.79. The first kappa shape index (κ1) is 38.5. The van der Waals surface area contributed by atoms with Crippen LogP contribution >= 0.6 is 0 Å². The Morgan fingerprint density at radius 3 is 1.79 bits per heavy atom. The number of hydrogen-bond donors (Lipinski definition) is 1. The number of allylic oxidation sites excluding steroid dienone is 7. The van der Waals surface area contributed by atoms with Crippen molar-refractivity contribution in [3.05, 3.63) is 84.0 Å². The van der Waals surface area contributed by atoms with Crippen molar-refractivity contribution in [1.29, 1.82) is 5.26 Å². The van der Waals surface area contributed by atoms with Gasteiger partial charge in [0.1, 0.15) is 5.76 Å². The third-order valence-corrected chi connectivity index (χ3v) is 4.04. The van der Waals surface area contributed by atoms with Gasteiger partial charge < -0.3 is 10.0 Å². The summed E-state index contributed by atoms with van der Waals surface area (Å²) in [6.45, 7) is 38.5. The number of hydrogen-bond acceptors (Lipinski definition) is 3. The van der Waals surface area contributed by atoms with Crippen LogP contribution in [0.25, 0.3) is 0 Å². The number of nitrogens with zero attached hydrogens (tertiary/aromatic N) is 2. The van der Waals surface area contributed by atoms with Gasteiger partial charge in [0.15, 0.2) is 0 Å². The maximum Gasteiger partial charge on any atom is 0.132 e. The van der Waals surface area contributed by atoms with Gasteiger partial charge in [-0.05, 0) is 51.2 Å². The molecule has 0 rings (SSSR count). The minimum Gasteiger partial charge on any atom is -0.506 e. The molecule has 0 spiro atoms. The quantitative estimate of drug-likeness (QED) is 0.185. The molecule has 0 aromatic carbocycles. The lowest BCUT2D eigenvalue weighted by molar-refractivity contribution is 0.355. The highest BCUT2D eigenvalue weighted by Gasteiger charge is 2.19. The van der Waals surface area contributed by atoms with E-state index in [1.54, 1.807) is 6.08 Å². The highest BCUT2D eigenvalue weighted by molar-refractivity contribution is 5.40. The van der Waals surface area contributed by atoms with E-state index in [9.17, 15) is 5.11 Å². The molecule has 1 N–H and O–H groups in total. The molecule has 194 valence electrons. The monoisotopic (exact) mass is 470 g/mol. The van der Waals surface area contributed by atoms with Crippen LogP contribution in [0.1, 0.15) is 95.4 Å². The van der Waals surface area contributed by atoms with Crippen LogP contribution in [0.4, 0.5) is 0 Å². The van der Waals surface area contributed by atoms with E-state index in [0.29, 0.717) is 17.8 Å². The van der Waals surface area contributed by atoms with Crippen LogP contribution in [0, 0.1) is 17.2 Å². The molecule has 0 radical (unpaired) electrons. The summed E-state index contributed by atoms with van der Waals surface area (Å²) in [6.07, 6.45) is 8.05. The van der Waals surface area contributed by atoms with Crippen molar-refractivity contribution in [2.75, 3.05) is 6.54 Å². The molecule has 0 aliphatic rings. The molecule has 0 amide bonds. The van der Waals surface area contributed by atoms with Gasteiger partial charge in [-0.15, -0.1) is 0 Å². The minimum absolute atomic E-state index is 0.00436. The third-order valence-electron chi connectivity index (χ3n) is 4.04. The molecule has 0 unspecified atom stereocenters. The Hall–Kier alpha value is -2.73. The maximum absolute atomic E-state index is 10.2. The summed E-state index contributed by atoms with van der Waals surface area (Å²) < 4.78 is 0. The van der Waals surface area contributed by atoms with Crippen molar-refractivity contribution in [2.24, 2.45) is 5.92 Å². The summed E-state index contributed by atoms with van der Waals surface area (Å²) in [5.74, 6) is 0.829. The first-order valence-corrected chi connectivity index (χ1v) is 12.5. The lowest BCUT2D eigenvalue weighted by Gasteiger charge is -2.31. The van der Waals surface area contributed by atoms with E-state index in [0.717, 1.165) is 47.6 Å². The van der Waals surface area contributed by atoms with E-state index >= 15 is 0 Å². The lowest BCUT2D eigenvalue weighted by atomic mass is 10.0. The zero-order valence-corrected chi connectivity index (χ0v) is 24.3. The fourth-order valence-corrected chi connectivity index (χ4v) is 2.33. The molecular formula is C31H54N2O. The van der Waals surface area contributed by atoms with Crippen LogP contribution in [0.3, 0.4) is 0 Å². The first-order valence-electron chi connectivity index (χ1n) is 12.5. The van der Waals surface area contributed by atoms with E-state index in [4.69, 9.17) is 5.26 Å². The Morgan fingerprint density at radius 2 is 1.47 bits per heavy atom. The molecular weight excluding hydrogens is 416 g/mol. The van der Waals surface area contributed by atoms with Crippen LogP contribution in [-0.4, -0.2) is 16.6 Å². The highest BCUT2D eigenvalue weighted by Crippen LogP contribution is 2.27. The van der Waals surface area contributed by atoms with Crippen molar-refractivity contribution in [1.82, 2.24) is 4.90 Å². The maximum atomic E-state index is 10.2. The number of unbranched alkanes of at least 4 members (excludes halogenated alkanes) is 1. The first-order chi connectivity index (χ1) is 15.9. The number of aliphatic hydroxyl groups excluding tert-OH is 1. The van der Waals surface area contributed by atoms with Gasteiger partial charge in [0.2, 0.25) is 0 Å². The molecule has 0 bridgehead atoms. The van der Waals surface area contributed by atoms with E-state index in [-0.39, 0.29) is 5.76 Å². The third kappa shape index (κ3) is 19.9. The van der Waals surface area contributed by atoms with Gasteiger partial charge in [-0.2, -0.15) is 5.26 Å². The zero-order chi connectivity index (χ0) is 27.9. The number of rotatable bonds is 11. The fourth-order valence-electron chi connectivity index (χ4n) is 2.33. The predicted octanol–water partition coefficient (Wildman–Crippen LogP) is 10.2. The molecule has 0 aliphatic heterocycles. The minimum atomic E-state index is -0.00436.